The zero-order valence-corrected chi connectivity index (χ0v) is 11.1. The smallest absolute Gasteiger partial charge is 0.00465 e. The highest BCUT2D eigenvalue weighted by Crippen LogP contribution is 2.05. The molecule has 0 aromatic rings. The van der Waals surface area contributed by atoms with Gasteiger partial charge in [-0.05, 0) is 50.2 Å². The highest BCUT2D eigenvalue weighted by atomic mass is 32.2. The van der Waals surface area contributed by atoms with Gasteiger partial charge in [-0.15, -0.1) is 0 Å². The molecule has 0 aliphatic rings. The van der Waals surface area contributed by atoms with Gasteiger partial charge in [-0.25, -0.2) is 0 Å². The van der Waals surface area contributed by atoms with Crippen LogP contribution in [0, 0.1) is 5.92 Å². The maximum absolute atomic E-state index is 3.58. The molecule has 0 rings (SSSR count). The van der Waals surface area contributed by atoms with Crippen molar-refractivity contribution in [3.8, 4) is 0 Å². The van der Waals surface area contributed by atoms with Crippen molar-refractivity contribution in [2.75, 3.05) is 18.1 Å². The molecule has 2 heteroatoms. The summed E-state index contributed by atoms with van der Waals surface area (Å²) in [5, 5.41) is 3.58. The van der Waals surface area contributed by atoms with E-state index in [2.05, 4.69) is 33.0 Å². The molecule has 14 heavy (non-hydrogen) atoms. The van der Waals surface area contributed by atoms with Crippen LogP contribution in [0.3, 0.4) is 0 Å². The number of hydrogen-bond donors (Lipinski definition) is 1. The van der Waals surface area contributed by atoms with E-state index in [-0.39, 0.29) is 0 Å². The number of thioether (sulfide) groups is 1. The van der Waals surface area contributed by atoms with Crippen LogP contribution in [-0.2, 0) is 0 Å². The molecule has 0 heterocycles. The van der Waals surface area contributed by atoms with Gasteiger partial charge in [0.1, 0.15) is 0 Å². The lowest BCUT2D eigenvalue weighted by Gasteiger charge is -2.13. The first kappa shape index (κ1) is 14.3. The standard InChI is InChI=1S/C12H27NS/c1-5-14-10-8-12(4)13-9-6-7-11(2)3/h11-13H,5-10H2,1-4H3. The van der Waals surface area contributed by atoms with Crippen molar-refractivity contribution in [2.24, 2.45) is 5.92 Å². The van der Waals surface area contributed by atoms with Gasteiger partial charge < -0.3 is 5.32 Å². The normalized spacial score (nSPS) is 13.5. The van der Waals surface area contributed by atoms with E-state index in [9.17, 15) is 0 Å². The highest BCUT2D eigenvalue weighted by molar-refractivity contribution is 7.99. The average Bonchev–Trinajstić information content (AvgIpc) is 2.13. The van der Waals surface area contributed by atoms with Crippen molar-refractivity contribution in [3.05, 3.63) is 0 Å². The number of nitrogens with one attached hydrogen (secondary N) is 1. The second kappa shape index (κ2) is 9.85. The number of hydrogen-bond acceptors (Lipinski definition) is 2. The minimum atomic E-state index is 0.696. The molecule has 86 valence electrons. The van der Waals surface area contributed by atoms with Crippen LogP contribution in [-0.4, -0.2) is 24.1 Å². The summed E-state index contributed by atoms with van der Waals surface area (Å²) in [6.07, 6.45) is 3.98. The van der Waals surface area contributed by atoms with Crippen LogP contribution >= 0.6 is 11.8 Å². The maximum atomic E-state index is 3.58. The van der Waals surface area contributed by atoms with Gasteiger partial charge in [-0.2, -0.15) is 11.8 Å². The third kappa shape index (κ3) is 10.4. The van der Waals surface area contributed by atoms with E-state index in [0.717, 1.165) is 5.92 Å². The topological polar surface area (TPSA) is 12.0 Å². The van der Waals surface area contributed by atoms with Crippen LogP contribution < -0.4 is 5.32 Å². The summed E-state index contributed by atoms with van der Waals surface area (Å²) in [5.74, 6) is 3.40. The van der Waals surface area contributed by atoms with Crippen LogP contribution in [0.2, 0.25) is 0 Å². The molecule has 1 unspecified atom stereocenters. The lowest BCUT2D eigenvalue weighted by atomic mass is 10.1. The fourth-order valence-electron chi connectivity index (χ4n) is 1.37. The first-order chi connectivity index (χ1) is 6.66. The summed E-state index contributed by atoms with van der Waals surface area (Å²) in [6.45, 7) is 10.3. The SMILES string of the molecule is CCSCCC(C)NCCCC(C)C. The van der Waals surface area contributed by atoms with Gasteiger partial charge in [0.05, 0.1) is 0 Å². The van der Waals surface area contributed by atoms with Crippen LogP contribution in [0.25, 0.3) is 0 Å². The van der Waals surface area contributed by atoms with Gasteiger partial charge in [0.25, 0.3) is 0 Å². The van der Waals surface area contributed by atoms with E-state index in [1.165, 1.54) is 37.3 Å². The van der Waals surface area contributed by atoms with Crippen LogP contribution in [0.1, 0.15) is 47.0 Å². The number of rotatable bonds is 9. The van der Waals surface area contributed by atoms with Gasteiger partial charge in [0, 0.05) is 6.04 Å². The monoisotopic (exact) mass is 217 g/mol. The third-order valence-corrected chi connectivity index (χ3v) is 3.28. The lowest BCUT2D eigenvalue weighted by molar-refractivity contribution is 0.484. The van der Waals surface area contributed by atoms with Gasteiger partial charge in [0.15, 0.2) is 0 Å². The Balaban J connectivity index is 3.14. The van der Waals surface area contributed by atoms with Crippen LogP contribution in [0.15, 0.2) is 0 Å². The molecule has 0 saturated heterocycles. The molecule has 0 aromatic carbocycles. The zero-order chi connectivity index (χ0) is 10.8. The summed E-state index contributed by atoms with van der Waals surface area (Å²) in [5.41, 5.74) is 0. The fraction of sp³-hybridized carbons (Fsp3) is 1.00. The minimum Gasteiger partial charge on any atom is -0.314 e. The van der Waals surface area contributed by atoms with Crippen molar-refractivity contribution in [3.63, 3.8) is 0 Å². The highest BCUT2D eigenvalue weighted by Gasteiger charge is 2.00. The Morgan fingerprint density at radius 1 is 1.14 bits per heavy atom. The Morgan fingerprint density at radius 2 is 1.86 bits per heavy atom. The molecule has 0 aromatic heterocycles. The second-order valence-electron chi connectivity index (χ2n) is 4.38. The summed E-state index contributed by atoms with van der Waals surface area (Å²) >= 11 is 2.04. The minimum absolute atomic E-state index is 0.696. The van der Waals surface area contributed by atoms with Crippen molar-refractivity contribution >= 4 is 11.8 Å². The Bertz CT molecular complexity index is 115. The molecular weight excluding hydrogens is 190 g/mol. The second-order valence-corrected chi connectivity index (χ2v) is 5.77. The molecule has 0 aliphatic heterocycles. The Kier molecular flexibility index (Phi) is 10.1. The van der Waals surface area contributed by atoms with Crippen molar-refractivity contribution in [2.45, 2.75) is 53.0 Å². The molecule has 0 bridgehead atoms. The predicted octanol–water partition coefficient (Wildman–Crippen LogP) is 3.54. The molecule has 1 N–H and O–H groups in total. The molecule has 0 fully saturated rings. The van der Waals surface area contributed by atoms with Crippen molar-refractivity contribution in [1.29, 1.82) is 0 Å². The fourth-order valence-corrected chi connectivity index (χ4v) is 2.17. The first-order valence-corrected chi connectivity index (χ1v) is 7.13. The van der Waals surface area contributed by atoms with E-state index >= 15 is 0 Å². The largest absolute Gasteiger partial charge is 0.314 e. The molecule has 0 radical (unpaired) electrons. The summed E-state index contributed by atoms with van der Waals surface area (Å²) < 4.78 is 0. The van der Waals surface area contributed by atoms with E-state index in [0.29, 0.717) is 6.04 Å². The van der Waals surface area contributed by atoms with Gasteiger partial charge >= 0.3 is 0 Å². The predicted molar refractivity (Wildman–Crippen MR) is 69.2 cm³/mol. The Hall–Kier alpha value is 0.310. The zero-order valence-electron chi connectivity index (χ0n) is 10.3. The van der Waals surface area contributed by atoms with E-state index < -0.39 is 0 Å². The average molecular weight is 217 g/mol. The molecule has 1 atom stereocenters. The molecule has 0 spiro atoms. The van der Waals surface area contributed by atoms with E-state index in [1.54, 1.807) is 0 Å². The first-order valence-electron chi connectivity index (χ1n) is 5.98. The van der Waals surface area contributed by atoms with Gasteiger partial charge in [0.2, 0.25) is 0 Å². The summed E-state index contributed by atoms with van der Waals surface area (Å²) in [4.78, 5) is 0. The van der Waals surface area contributed by atoms with E-state index in [1.807, 2.05) is 11.8 Å². The molecule has 1 nitrogen and oxygen atoms in total. The Labute approximate surface area is 94.4 Å². The summed E-state index contributed by atoms with van der Waals surface area (Å²) in [7, 11) is 0. The Morgan fingerprint density at radius 3 is 2.43 bits per heavy atom. The van der Waals surface area contributed by atoms with Crippen LogP contribution in [0.5, 0.6) is 0 Å². The molecule has 0 saturated carbocycles. The maximum Gasteiger partial charge on any atom is 0.00465 e. The third-order valence-electron chi connectivity index (χ3n) is 2.35. The van der Waals surface area contributed by atoms with E-state index in [4.69, 9.17) is 0 Å². The van der Waals surface area contributed by atoms with Crippen molar-refractivity contribution < 1.29 is 0 Å². The summed E-state index contributed by atoms with van der Waals surface area (Å²) in [6, 6.07) is 0.696. The molecule has 0 aliphatic carbocycles. The quantitative estimate of drug-likeness (QED) is 0.593. The van der Waals surface area contributed by atoms with Gasteiger partial charge in [-0.3, -0.25) is 0 Å². The van der Waals surface area contributed by atoms with Crippen molar-refractivity contribution in [1.82, 2.24) is 5.32 Å². The van der Waals surface area contributed by atoms with Crippen LogP contribution in [0.4, 0.5) is 0 Å². The molecule has 0 amide bonds. The molecular formula is C12H27NS. The van der Waals surface area contributed by atoms with Gasteiger partial charge in [-0.1, -0.05) is 20.8 Å². The lowest BCUT2D eigenvalue weighted by Crippen LogP contribution is -2.27.